The first-order valence-corrected chi connectivity index (χ1v) is 9.96. The van der Waals surface area contributed by atoms with E-state index in [4.69, 9.17) is 9.26 Å². The monoisotopic (exact) mass is 383 g/mol. The smallest absolute Gasteiger partial charge is 0.273 e. The molecule has 1 saturated carbocycles. The summed E-state index contributed by atoms with van der Waals surface area (Å²) in [5.41, 5.74) is 1.43. The molecule has 1 fully saturated rings. The van der Waals surface area contributed by atoms with E-state index in [0.29, 0.717) is 17.3 Å². The second-order valence-electron chi connectivity index (χ2n) is 6.79. The molecule has 1 aliphatic rings. The summed E-state index contributed by atoms with van der Waals surface area (Å²) in [4.78, 5) is 17.7. The normalized spacial score (nSPS) is 19.6. The molecule has 0 bridgehead atoms. The van der Waals surface area contributed by atoms with Gasteiger partial charge in [-0.1, -0.05) is 17.3 Å². The fourth-order valence-electron chi connectivity index (χ4n) is 3.20. The van der Waals surface area contributed by atoms with Gasteiger partial charge in [0.2, 0.25) is 5.88 Å². The fraction of sp³-hybridized carbons (Fsp3) is 0.350. The number of carbonyl (C=O) groups excluding carboxylic acids is 1. The van der Waals surface area contributed by atoms with E-state index in [1.165, 1.54) is 0 Å². The average molecular weight is 383 g/mol. The van der Waals surface area contributed by atoms with Crippen molar-refractivity contribution in [1.82, 2.24) is 15.5 Å². The van der Waals surface area contributed by atoms with Crippen molar-refractivity contribution in [3.8, 4) is 16.5 Å². The Morgan fingerprint density at radius 2 is 2.11 bits per heavy atom. The van der Waals surface area contributed by atoms with Gasteiger partial charge in [0.25, 0.3) is 5.91 Å². The predicted molar refractivity (Wildman–Crippen MR) is 103 cm³/mol. The van der Waals surface area contributed by atoms with Crippen LogP contribution in [0.1, 0.15) is 41.7 Å². The number of nitrogens with one attached hydrogen (secondary N) is 1. The molecule has 7 heteroatoms. The molecule has 0 aliphatic heterocycles. The molecule has 0 aromatic carbocycles. The van der Waals surface area contributed by atoms with Gasteiger partial charge in [0.1, 0.15) is 6.10 Å². The minimum absolute atomic E-state index is 0.130. The minimum Gasteiger partial charge on any atom is -0.474 e. The molecule has 3 aromatic heterocycles. The zero-order valence-corrected chi connectivity index (χ0v) is 15.9. The van der Waals surface area contributed by atoms with E-state index < -0.39 is 0 Å². The number of hydrogen-bond acceptors (Lipinski definition) is 6. The van der Waals surface area contributed by atoms with Crippen LogP contribution in [0.15, 0.2) is 46.4 Å². The van der Waals surface area contributed by atoms with Crippen LogP contribution in [0, 0.1) is 6.92 Å². The summed E-state index contributed by atoms with van der Waals surface area (Å²) >= 11 is 1.55. The van der Waals surface area contributed by atoms with Crippen LogP contribution >= 0.6 is 11.3 Å². The maximum Gasteiger partial charge on any atom is 0.273 e. The van der Waals surface area contributed by atoms with Crippen LogP contribution in [0.2, 0.25) is 0 Å². The minimum atomic E-state index is -0.189. The molecule has 0 atom stereocenters. The maximum absolute atomic E-state index is 12.4. The lowest BCUT2D eigenvalue weighted by Gasteiger charge is -2.29. The SMILES string of the molecule is Cc1ccc(OC2CCC(NC(=O)c3cc(-c4cccs4)on3)CC2)nc1. The second-order valence-corrected chi connectivity index (χ2v) is 7.74. The third-order valence-electron chi connectivity index (χ3n) is 4.69. The summed E-state index contributed by atoms with van der Waals surface area (Å²) in [5, 5.41) is 8.92. The van der Waals surface area contributed by atoms with E-state index in [0.717, 1.165) is 36.1 Å². The van der Waals surface area contributed by atoms with Gasteiger partial charge >= 0.3 is 0 Å². The van der Waals surface area contributed by atoms with Crippen molar-refractivity contribution in [1.29, 1.82) is 0 Å². The van der Waals surface area contributed by atoms with E-state index >= 15 is 0 Å². The molecule has 0 saturated heterocycles. The quantitative estimate of drug-likeness (QED) is 0.713. The van der Waals surface area contributed by atoms with E-state index in [-0.39, 0.29) is 18.1 Å². The molecule has 4 rings (SSSR count). The van der Waals surface area contributed by atoms with Crippen LogP contribution in [-0.4, -0.2) is 28.2 Å². The van der Waals surface area contributed by atoms with Gasteiger partial charge in [0, 0.05) is 24.4 Å². The number of thiophene rings is 1. The molecule has 140 valence electrons. The highest BCUT2D eigenvalue weighted by atomic mass is 32.1. The number of aryl methyl sites for hydroxylation is 1. The van der Waals surface area contributed by atoms with E-state index in [1.807, 2.05) is 42.8 Å². The Kier molecular flexibility index (Phi) is 5.20. The van der Waals surface area contributed by atoms with Gasteiger partial charge in [0.15, 0.2) is 11.5 Å². The molecule has 1 amide bonds. The van der Waals surface area contributed by atoms with Crippen LogP contribution in [0.5, 0.6) is 5.88 Å². The average Bonchev–Trinajstić information content (AvgIpc) is 3.36. The Bertz CT molecular complexity index is 882. The summed E-state index contributed by atoms with van der Waals surface area (Å²) in [6.07, 6.45) is 5.48. The number of nitrogens with zero attached hydrogens (tertiary/aromatic N) is 2. The van der Waals surface area contributed by atoms with E-state index in [1.54, 1.807) is 17.4 Å². The highest BCUT2D eigenvalue weighted by Gasteiger charge is 2.25. The third-order valence-corrected chi connectivity index (χ3v) is 5.57. The van der Waals surface area contributed by atoms with Crippen molar-refractivity contribution >= 4 is 17.2 Å². The molecule has 3 aromatic rings. The van der Waals surface area contributed by atoms with Gasteiger partial charge < -0.3 is 14.6 Å². The predicted octanol–water partition coefficient (Wildman–Crippen LogP) is 4.23. The first-order chi connectivity index (χ1) is 13.2. The number of carbonyl (C=O) groups is 1. The molecule has 1 N–H and O–H groups in total. The standard InChI is InChI=1S/C20H21N3O3S/c1-13-4-9-19(21-12-13)25-15-7-5-14(6-8-15)22-20(24)16-11-17(26-23-16)18-3-2-10-27-18/h2-4,9-12,14-15H,5-8H2,1H3,(H,22,24). The number of amides is 1. The third kappa shape index (κ3) is 4.36. The van der Waals surface area contributed by atoms with Gasteiger partial charge in [-0.05, 0) is 49.6 Å². The number of ether oxygens (including phenoxy) is 1. The Morgan fingerprint density at radius 1 is 1.26 bits per heavy atom. The highest BCUT2D eigenvalue weighted by molar-refractivity contribution is 7.13. The Morgan fingerprint density at radius 3 is 2.81 bits per heavy atom. The largest absolute Gasteiger partial charge is 0.474 e. The maximum atomic E-state index is 12.4. The lowest BCUT2D eigenvalue weighted by molar-refractivity contribution is 0.0881. The number of aromatic nitrogens is 2. The summed E-state index contributed by atoms with van der Waals surface area (Å²) in [5.74, 6) is 1.10. The molecule has 0 unspecified atom stereocenters. The van der Waals surface area contributed by atoms with Crippen LogP contribution < -0.4 is 10.1 Å². The Balaban J connectivity index is 1.27. The second kappa shape index (κ2) is 7.92. The highest BCUT2D eigenvalue weighted by Crippen LogP contribution is 2.26. The Labute approximate surface area is 161 Å². The van der Waals surface area contributed by atoms with Crippen LogP contribution in [0.4, 0.5) is 0 Å². The summed E-state index contributed by atoms with van der Waals surface area (Å²) in [6, 6.07) is 9.60. The summed E-state index contributed by atoms with van der Waals surface area (Å²) < 4.78 is 11.2. The molecule has 27 heavy (non-hydrogen) atoms. The molecule has 0 spiro atoms. The topological polar surface area (TPSA) is 77.2 Å². The zero-order valence-electron chi connectivity index (χ0n) is 15.1. The summed E-state index contributed by atoms with van der Waals surface area (Å²) in [7, 11) is 0. The molecule has 0 radical (unpaired) electrons. The molecular formula is C20H21N3O3S. The molecule has 1 aliphatic carbocycles. The van der Waals surface area contributed by atoms with Gasteiger partial charge in [0.05, 0.1) is 4.88 Å². The van der Waals surface area contributed by atoms with Crippen LogP contribution in [0.3, 0.4) is 0 Å². The van der Waals surface area contributed by atoms with Gasteiger partial charge in [-0.2, -0.15) is 0 Å². The van der Waals surface area contributed by atoms with Crippen molar-refractivity contribution < 1.29 is 14.1 Å². The van der Waals surface area contributed by atoms with E-state index in [2.05, 4.69) is 15.5 Å². The van der Waals surface area contributed by atoms with E-state index in [9.17, 15) is 4.79 Å². The van der Waals surface area contributed by atoms with Crippen molar-refractivity contribution in [2.45, 2.75) is 44.8 Å². The lowest BCUT2D eigenvalue weighted by Crippen LogP contribution is -2.39. The van der Waals surface area contributed by atoms with Crippen molar-refractivity contribution in [2.24, 2.45) is 0 Å². The number of rotatable bonds is 5. The number of hydrogen-bond donors (Lipinski definition) is 1. The molecular weight excluding hydrogens is 362 g/mol. The van der Waals surface area contributed by atoms with Crippen molar-refractivity contribution in [3.05, 3.63) is 53.2 Å². The lowest BCUT2D eigenvalue weighted by atomic mass is 9.93. The first-order valence-electron chi connectivity index (χ1n) is 9.08. The van der Waals surface area contributed by atoms with Gasteiger partial charge in [-0.25, -0.2) is 4.98 Å². The zero-order chi connectivity index (χ0) is 18.6. The van der Waals surface area contributed by atoms with Gasteiger partial charge in [-0.15, -0.1) is 11.3 Å². The van der Waals surface area contributed by atoms with Gasteiger partial charge in [-0.3, -0.25) is 4.79 Å². The van der Waals surface area contributed by atoms with Crippen LogP contribution in [-0.2, 0) is 0 Å². The van der Waals surface area contributed by atoms with Crippen molar-refractivity contribution in [3.63, 3.8) is 0 Å². The fourth-order valence-corrected chi connectivity index (χ4v) is 3.87. The van der Waals surface area contributed by atoms with Crippen LogP contribution in [0.25, 0.3) is 10.6 Å². The number of pyridine rings is 1. The molecule has 6 nitrogen and oxygen atoms in total. The molecule has 3 heterocycles. The Hall–Kier alpha value is -2.67. The first kappa shape index (κ1) is 17.7. The van der Waals surface area contributed by atoms with Crippen molar-refractivity contribution in [2.75, 3.05) is 0 Å². The summed E-state index contributed by atoms with van der Waals surface area (Å²) in [6.45, 7) is 2.00.